The van der Waals surface area contributed by atoms with Crippen LogP contribution >= 0.6 is 15.9 Å². The first kappa shape index (κ1) is 15.6. The van der Waals surface area contributed by atoms with Crippen molar-refractivity contribution in [2.75, 3.05) is 7.05 Å². The number of furan rings is 1. The van der Waals surface area contributed by atoms with E-state index in [4.69, 9.17) is 4.42 Å². The third kappa shape index (κ3) is 3.46. The van der Waals surface area contributed by atoms with Gasteiger partial charge in [-0.1, -0.05) is 20.8 Å². The lowest BCUT2D eigenvalue weighted by molar-refractivity contribution is 0.0624. The van der Waals surface area contributed by atoms with Crippen molar-refractivity contribution < 1.29 is 9.21 Å². The van der Waals surface area contributed by atoms with E-state index in [2.05, 4.69) is 36.7 Å². The Balaban J connectivity index is 1.95. The van der Waals surface area contributed by atoms with Gasteiger partial charge in [-0.05, 0) is 52.9 Å². The average Bonchev–Trinajstić information content (AvgIpc) is 2.83. The van der Waals surface area contributed by atoms with Gasteiger partial charge in [0.05, 0.1) is 5.56 Å². The fraction of sp³-hybridized carbons (Fsp3) is 0.688. The molecular formula is C16H24BrNO2. The predicted molar refractivity (Wildman–Crippen MR) is 83.7 cm³/mol. The molecule has 1 aromatic heterocycles. The van der Waals surface area contributed by atoms with Crippen LogP contribution in [0.15, 0.2) is 21.4 Å². The van der Waals surface area contributed by atoms with Crippen LogP contribution < -0.4 is 0 Å². The van der Waals surface area contributed by atoms with E-state index < -0.39 is 0 Å². The van der Waals surface area contributed by atoms with Crippen LogP contribution in [0.2, 0.25) is 0 Å². The van der Waals surface area contributed by atoms with Gasteiger partial charge in [0.1, 0.15) is 6.26 Å². The molecule has 1 heterocycles. The number of carbonyl (C=O) groups excluding carboxylic acids is 1. The normalized spacial score (nSPS) is 23.6. The summed E-state index contributed by atoms with van der Waals surface area (Å²) in [5, 5.41) is 0. The van der Waals surface area contributed by atoms with Crippen molar-refractivity contribution >= 4 is 21.8 Å². The summed E-state index contributed by atoms with van der Waals surface area (Å²) in [6, 6.07) is 2.09. The summed E-state index contributed by atoms with van der Waals surface area (Å²) in [5.74, 6) is 0.823. The van der Waals surface area contributed by atoms with Crippen molar-refractivity contribution in [3.05, 3.63) is 22.6 Å². The second-order valence-corrected chi connectivity index (χ2v) is 7.71. The van der Waals surface area contributed by atoms with Crippen molar-refractivity contribution in [3.8, 4) is 0 Å². The Kier molecular flexibility index (Phi) is 4.62. The van der Waals surface area contributed by atoms with Crippen LogP contribution in [0.1, 0.15) is 56.8 Å². The lowest BCUT2D eigenvalue weighted by atomic mass is 9.71. The molecule has 0 N–H and O–H groups in total. The van der Waals surface area contributed by atoms with Gasteiger partial charge in [0, 0.05) is 19.2 Å². The molecule has 0 saturated heterocycles. The van der Waals surface area contributed by atoms with Crippen LogP contribution in [-0.2, 0) is 0 Å². The van der Waals surface area contributed by atoms with E-state index in [0.717, 1.165) is 18.8 Å². The minimum atomic E-state index is 0.0543. The van der Waals surface area contributed by atoms with Gasteiger partial charge in [0.2, 0.25) is 0 Å². The monoisotopic (exact) mass is 341 g/mol. The van der Waals surface area contributed by atoms with Gasteiger partial charge in [-0.3, -0.25) is 4.79 Å². The lowest BCUT2D eigenvalue weighted by Gasteiger charge is -2.39. The van der Waals surface area contributed by atoms with E-state index in [1.54, 1.807) is 6.07 Å². The minimum absolute atomic E-state index is 0.0543. The molecule has 1 fully saturated rings. The second-order valence-electron chi connectivity index (χ2n) is 6.93. The zero-order chi connectivity index (χ0) is 14.9. The smallest absolute Gasteiger partial charge is 0.257 e. The van der Waals surface area contributed by atoms with Gasteiger partial charge in [-0.15, -0.1) is 0 Å². The number of halogens is 1. The first-order valence-corrected chi connectivity index (χ1v) is 8.09. The number of hydrogen-bond acceptors (Lipinski definition) is 2. The molecule has 4 heteroatoms. The average molecular weight is 342 g/mol. The SMILES string of the molecule is CN(C(=O)c1coc(Br)c1)C1CCC(C(C)(C)C)CC1. The van der Waals surface area contributed by atoms with E-state index in [1.807, 2.05) is 11.9 Å². The number of carbonyl (C=O) groups is 1. The van der Waals surface area contributed by atoms with E-state index >= 15 is 0 Å². The number of rotatable bonds is 2. The van der Waals surface area contributed by atoms with E-state index in [9.17, 15) is 4.79 Å². The quantitative estimate of drug-likeness (QED) is 0.779. The van der Waals surface area contributed by atoms with Crippen molar-refractivity contribution in [1.29, 1.82) is 0 Å². The minimum Gasteiger partial charge on any atom is -0.457 e. The molecule has 0 spiro atoms. The third-order valence-electron chi connectivity index (χ3n) is 4.60. The van der Waals surface area contributed by atoms with Gasteiger partial charge in [-0.2, -0.15) is 0 Å². The molecule has 1 amide bonds. The highest BCUT2D eigenvalue weighted by Gasteiger charge is 2.32. The molecule has 2 rings (SSSR count). The van der Waals surface area contributed by atoms with Gasteiger partial charge >= 0.3 is 0 Å². The Labute approximate surface area is 129 Å². The first-order valence-electron chi connectivity index (χ1n) is 7.30. The highest BCUT2D eigenvalue weighted by atomic mass is 79.9. The maximum Gasteiger partial charge on any atom is 0.257 e. The van der Waals surface area contributed by atoms with Gasteiger partial charge in [-0.25, -0.2) is 0 Å². The molecule has 1 aromatic rings. The summed E-state index contributed by atoms with van der Waals surface area (Å²) < 4.78 is 5.76. The molecule has 0 bridgehead atoms. The molecule has 0 aliphatic heterocycles. The molecular weight excluding hydrogens is 318 g/mol. The second kappa shape index (κ2) is 5.92. The summed E-state index contributed by atoms with van der Waals surface area (Å²) >= 11 is 3.24. The Morgan fingerprint density at radius 1 is 1.30 bits per heavy atom. The van der Waals surface area contributed by atoms with Crippen LogP contribution in [0, 0.1) is 11.3 Å². The van der Waals surface area contributed by atoms with Gasteiger partial charge in [0.25, 0.3) is 5.91 Å². The summed E-state index contributed by atoms with van der Waals surface area (Å²) in [6.07, 6.45) is 6.14. The van der Waals surface area contributed by atoms with Crippen molar-refractivity contribution in [3.63, 3.8) is 0 Å². The van der Waals surface area contributed by atoms with Crippen LogP contribution in [0.4, 0.5) is 0 Å². The van der Waals surface area contributed by atoms with Crippen LogP contribution in [0.25, 0.3) is 0 Å². The van der Waals surface area contributed by atoms with Crippen LogP contribution in [-0.4, -0.2) is 23.9 Å². The molecule has 0 radical (unpaired) electrons. The molecule has 1 saturated carbocycles. The molecule has 112 valence electrons. The summed E-state index contributed by atoms with van der Waals surface area (Å²) in [5.41, 5.74) is 1.00. The summed E-state index contributed by atoms with van der Waals surface area (Å²) in [7, 11) is 1.91. The molecule has 20 heavy (non-hydrogen) atoms. The van der Waals surface area contributed by atoms with Crippen molar-refractivity contribution in [2.45, 2.75) is 52.5 Å². The molecule has 1 aliphatic carbocycles. The number of nitrogens with zero attached hydrogens (tertiary/aromatic N) is 1. The van der Waals surface area contributed by atoms with Gasteiger partial charge in [0.15, 0.2) is 4.67 Å². The number of hydrogen-bond donors (Lipinski definition) is 0. The Hall–Kier alpha value is -0.770. The fourth-order valence-electron chi connectivity index (χ4n) is 3.12. The lowest BCUT2D eigenvalue weighted by Crippen LogP contribution is -2.40. The number of amides is 1. The zero-order valence-electron chi connectivity index (χ0n) is 12.8. The zero-order valence-corrected chi connectivity index (χ0v) is 14.4. The molecule has 0 atom stereocenters. The van der Waals surface area contributed by atoms with E-state index in [1.165, 1.54) is 19.1 Å². The van der Waals surface area contributed by atoms with Crippen molar-refractivity contribution in [2.24, 2.45) is 11.3 Å². The standard InChI is InChI=1S/C16H24BrNO2/c1-16(2,3)12-5-7-13(8-6-12)18(4)15(19)11-9-14(17)20-10-11/h9-10,12-13H,5-8H2,1-4H3. The van der Waals surface area contributed by atoms with Crippen molar-refractivity contribution in [1.82, 2.24) is 4.90 Å². The summed E-state index contributed by atoms with van der Waals surface area (Å²) in [6.45, 7) is 6.95. The molecule has 0 aromatic carbocycles. The van der Waals surface area contributed by atoms with E-state index in [0.29, 0.717) is 21.7 Å². The summed E-state index contributed by atoms with van der Waals surface area (Å²) in [4.78, 5) is 14.3. The first-order chi connectivity index (χ1) is 9.29. The Bertz CT molecular complexity index is 467. The topological polar surface area (TPSA) is 33.5 Å². The third-order valence-corrected chi connectivity index (χ3v) is 5.02. The molecule has 3 nitrogen and oxygen atoms in total. The van der Waals surface area contributed by atoms with Gasteiger partial charge < -0.3 is 9.32 Å². The van der Waals surface area contributed by atoms with Crippen LogP contribution in [0.5, 0.6) is 0 Å². The maximum absolute atomic E-state index is 12.4. The highest BCUT2D eigenvalue weighted by Crippen LogP contribution is 2.39. The predicted octanol–water partition coefficient (Wildman–Crippen LogP) is 4.72. The maximum atomic E-state index is 12.4. The fourth-order valence-corrected chi connectivity index (χ4v) is 3.46. The van der Waals surface area contributed by atoms with E-state index in [-0.39, 0.29) is 5.91 Å². The Morgan fingerprint density at radius 2 is 1.90 bits per heavy atom. The Morgan fingerprint density at radius 3 is 2.35 bits per heavy atom. The molecule has 0 unspecified atom stereocenters. The largest absolute Gasteiger partial charge is 0.457 e. The van der Waals surface area contributed by atoms with Crippen LogP contribution in [0.3, 0.4) is 0 Å². The highest BCUT2D eigenvalue weighted by molar-refractivity contribution is 9.10. The molecule has 1 aliphatic rings.